The summed E-state index contributed by atoms with van der Waals surface area (Å²) >= 11 is 0. The van der Waals surface area contributed by atoms with E-state index in [1.54, 1.807) is 0 Å². The van der Waals surface area contributed by atoms with Crippen LogP contribution in [-0.4, -0.2) is 28.2 Å². The molecule has 0 spiro atoms. The molecule has 0 aliphatic heterocycles. The number of Topliss-reactive ketones (excluding diaryl/α,β-unsaturated/α-hetero) is 1. The standard InChI is InChI=1S/C19H28O3/c1-18-7-5-12(20)9-11(18)10-15(21)17-13-3-4-16(22)19(13,2)8-6-14(17)18/h10,12-15,17,20-21H,3-9H2,1-2H3/t12?,13-,14-,15?,17+,18+,19+/m1/s1. The number of ketones is 1. The second kappa shape index (κ2) is 4.67. The maximum Gasteiger partial charge on any atom is 0.139 e. The molecule has 4 aliphatic carbocycles. The van der Waals surface area contributed by atoms with E-state index >= 15 is 0 Å². The van der Waals surface area contributed by atoms with Crippen LogP contribution in [0.15, 0.2) is 11.6 Å². The van der Waals surface area contributed by atoms with Crippen LogP contribution >= 0.6 is 0 Å². The average Bonchev–Trinajstić information content (AvgIpc) is 2.77. The second-order valence-corrected chi connectivity index (χ2v) is 8.70. The predicted molar refractivity (Wildman–Crippen MR) is 84.1 cm³/mol. The molecule has 3 fully saturated rings. The monoisotopic (exact) mass is 304 g/mol. The van der Waals surface area contributed by atoms with Gasteiger partial charge >= 0.3 is 0 Å². The summed E-state index contributed by atoms with van der Waals surface area (Å²) in [5.74, 6) is 1.46. The predicted octanol–water partition coefficient (Wildman–Crippen LogP) is 2.85. The van der Waals surface area contributed by atoms with E-state index in [2.05, 4.69) is 13.8 Å². The first kappa shape index (κ1) is 14.9. The van der Waals surface area contributed by atoms with Crippen molar-refractivity contribution in [1.29, 1.82) is 0 Å². The fourth-order valence-corrected chi connectivity index (χ4v) is 6.40. The second-order valence-electron chi connectivity index (χ2n) is 8.70. The van der Waals surface area contributed by atoms with Crippen LogP contribution in [0.3, 0.4) is 0 Å². The molecule has 0 amide bonds. The molecule has 0 aromatic carbocycles. The lowest BCUT2D eigenvalue weighted by Crippen LogP contribution is -2.54. The smallest absolute Gasteiger partial charge is 0.139 e. The van der Waals surface area contributed by atoms with Gasteiger partial charge < -0.3 is 10.2 Å². The van der Waals surface area contributed by atoms with Crippen LogP contribution in [0.2, 0.25) is 0 Å². The first-order chi connectivity index (χ1) is 10.4. The Balaban J connectivity index is 1.75. The van der Waals surface area contributed by atoms with Gasteiger partial charge in [0.25, 0.3) is 0 Å². The maximum absolute atomic E-state index is 12.4. The van der Waals surface area contributed by atoms with E-state index in [1.807, 2.05) is 6.08 Å². The van der Waals surface area contributed by atoms with Crippen molar-refractivity contribution in [1.82, 2.24) is 0 Å². The molecular formula is C19H28O3. The molecule has 4 rings (SSSR count). The molecule has 3 nitrogen and oxygen atoms in total. The Morgan fingerprint density at radius 3 is 2.50 bits per heavy atom. The van der Waals surface area contributed by atoms with Gasteiger partial charge in [-0.05, 0) is 61.7 Å². The zero-order valence-electron chi connectivity index (χ0n) is 13.7. The molecule has 2 unspecified atom stereocenters. The molecule has 3 saturated carbocycles. The molecule has 0 aromatic rings. The van der Waals surface area contributed by atoms with Crippen molar-refractivity contribution < 1.29 is 15.0 Å². The van der Waals surface area contributed by atoms with Gasteiger partial charge in [-0.3, -0.25) is 4.79 Å². The van der Waals surface area contributed by atoms with Crippen LogP contribution in [0.5, 0.6) is 0 Å². The molecular weight excluding hydrogens is 276 g/mol. The first-order valence-electron chi connectivity index (χ1n) is 8.97. The van der Waals surface area contributed by atoms with E-state index in [-0.39, 0.29) is 22.9 Å². The zero-order valence-corrected chi connectivity index (χ0v) is 13.7. The van der Waals surface area contributed by atoms with Crippen molar-refractivity contribution in [2.75, 3.05) is 0 Å². The summed E-state index contributed by atoms with van der Waals surface area (Å²) in [6.45, 7) is 4.48. The Morgan fingerprint density at radius 2 is 1.73 bits per heavy atom. The van der Waals surface area contributed by atoms with E-state index in [1.165, 1.54) is 5.57 Å². The Morgan fingerprint density at radius 1 is 1.05 bits per heavy atom. The van der Waals surface area contributed by atoms with Crippen LogP contribution in [0.4, 0.5) is 0 Å². The van der Waals surface area contributed by atoms with Crippen molar-refractivity contribution in [3.63, 3.8) is 0 Å². The fourth-order valence-electron chi connectivity index (χ4n) is 6.40. The highest BCUT2D eigenvalue weighted by Gasteiger charge is 2.60. The number of hydrogen-bond donors (Lipinski definition) is 2. The normalized spacial score (nSPS) is 54.3. The number of aliphatic hydroxyl groups excluding tert-OH is 2. The Bertz CT molecular complexity index is 539. The number of fused-ring (bicyclic) bond motifs is 5. The van der Waals surface area contributed by atoms with Gasteiger partial charge in [-0.25, -0.2) is 0 Å². The molecule has 0 aromatic heterocycles. The van der Waals surface area contributed by atoms with Gasteiger partial charge in [0.15, 0.2) is 0 Å². The minimum atomic E-state index is -0.436. The molecule has 0 bridgehead atoms. The molecule has 122 valence electrons. The summed E-state index contributed by atoms with van der Waals surface area (Å²) in [5.41, 5.74) is 1.20. The highest BCUT2D eigenvalue weighted by Crippen LogP contribution is 2.63. The highest BCUT2D eigenvalue weighted by atomic mass is 16.3. The van der Waals surface area contributed by atoms with Gasteiger partial charge in [-0.2, -0.15) is 0 Å². The Hall–Kier alpha value is -0.670. The zero-order chi connectivity index (χ0) is 15.7. The van der Waals surface area contributed by atoms with Crippen LogP contribution in [0.25, 0.3) is 0 Å². The molecule has 22 heavy (non-hydrogen) atoms. The largest absolute Gasteiger partial charge is 0.393 e. The molecule has 3 heteroatoms. The van der Waals surface area contributed by atoms with Gasteiger partial charge in [-0.15, -0.1) is 0 Å². The topological polar surface area (TPSA) is 57.5 Å². The number of carbonyl (C=O) groups is 1. The Kier molecular flexibility index (Phi) is 3.16. The van der Waals surface area contributed by atoms with Gasteiger partial charge in [-0.1, -0.05) is 25.5 Å². The minimum Gasteiger partial charge on any atom is -0.393 e. The van der Waals surface area contributed by atoms with E-state index in [0.717, 1.165) is 38.5 Å². The van der Waals surface area contributed by atoms with Crippen LogP contribution < -0.4 is 0 Å². The molecule has 2 N–H and O–H groups in total. The number of aliphatic hydroxyl groups is 2. The molecule has 0 saturated heterocycles. The van der Waals surface area contributed by atoms with Gasteiger partial charge in [0, 0.05) is 11.8 Å². The summed E-state index contributed by atoms with van der Waals surface area (Å²) in [6, 6.07) is 0. The lowest BCUT2D eigenvalue weighted by atomic mass is 9.47. The summed E-state index contributed by atoms with van der Waals surface area (Å²) in [7, 11) is 0. The Labute approximate surface area is 132 Å². The van der Waals surface area contributed by atoms with Crippen molar-refractivity contribution >= 4 is 5.78 Å². The SMILES string of the molecule is C[C@]12CCC(O)CC1=CC(O)[C@@H]1[C@H]2CC[C@]2(C)C(=O)CC[C@H]12. The number of rotatable bonds is 0. The third-order valence-corrected chi connectivity index (χ3v) is 7.81. The molecule has 0 heterocycles. The van der Waals surface area contributed by atoms with Crippen molar-refractivity contribution in [2.45, 2.75) is 71.0 Å². The van der Waals surface area contributed by atoms with Crippen molar-refractivity contribution in [3.05, 3.63) is 11.6 Å². The summed E-state index contributed by atoms with van der Waals surface area (Å²) in [5, 5.41) is 20.8. The van der Waals surface area contributed by atoms with E-state index in [9.17, 15) is 15.0 Å². The van der Waals surface area contributed by atoms with Crippen molar-refractivity contribution in [2.24, 2.45) is 28.6 Å². The number of hydrogen-bond acceptors (Lipinski definition) is 3. The van der Waals surface area contributed by atoms with Crippen LogP contribution in [0.1, 0.15) is 58.8 Å². The van der Waals surface area contributed by atoms with E-state index in [0.29, 0.717) is 24.0 Å². The third-order valence-electron chi connectivity index (χ3n) is 7.81. The van der Waals surface area contributed by atoms with Gasteiger partial charge in [0.05, 0.1) is 12.2 Å². The summed E-state index contributed by atoms with van der Waals surface area (Å²) < 4.78 is 0. The van der Waals surface area contributed by atoms with Crippen LogP contribution in [0, 0.1) is 28.6 Å². The first-order valence-corrected chi connectivity index (χ1v) is 8.97. The fraction of sp³-hybridized carbons (Fsp3) is 0.842. The molecule has 4 aliphatic rings. The molecule has 0 radical (unpaired) electrons. The van der Waals surface area contributed by atoms with E-state index in [4.69, 9.17) is 0 Å². The molecule has 7 atom stereocenters. The quantitative estimate of drug-likeness (QED) is 0.677. The highest BCUT2D eigenvalue weighted by molar-refractivity contribution is 5.87. The maximum atomic E-state index is 12.4. The minimum absolute atomic E-state index is 0.121. The third kappa shape index (κ3) is 1.78. The van der Waals surface area contributed by atoms with Gasteiger partial charge in [0.1, 0.15) is 5.78 Å². The van der Waals surface area contributed by atoms with Gasteiger partial charge in [0.2, 0.25) is 0 Å². The van der Waals surface area contributed by atoms with E-state index < -0.39 is 6.10 Å². The van der Waals surface area contributed by atoms with Crippen molar-refractivity contribution in [3.8, 4) is 0 Å². The number of carbonyl (C=O) groups excluding carboxylic acids is 1. The lowest BCUT2D eigenvalue weighted by molar-refractivity contribution is -0.135. The average molecular weight is 304 g/mol. The lowest BCUT2D eigenvalue weighted by Gasteiger charge is -2.58. The summed E-state index contributed by atoms with van der Waals surface area (Å²) in [4.78, 5) is 12.4. The van der Waals surface area contributed by atoms with Crippen LogP contribution in [-0.2, 0) is 4.79 Å². The summed E-state index contributed by atoms with van der Waals surface area (Å²) in [6.07, 6.45) is 7.65.